The van der Waals surface area contributed by atoms with E-state index >= 15 is 0 Å². The zero-order chi connectivity index (χ0) is 15.6. The molecule has 1 aliphatic heterocycles. The van der Waals surface area contributed by atoms with Crippen molar-refractivity contribution in [2.24, 2.45) is 0 Å². The van der Waals surface area contributed by atoms with Crippen LogP contribution in [-0.2, 0) is 10.0 Å². The molecule has 0 unspecified atom stereocenters. The van der Waals surface area contributed by atoms with Crippen LogP contribution in [-0.4, -0.2) is 44.0 Å². The predicted molar refractivity (Wildman–Crippen MR) is 73.3 cm³/mol. The fraction of sp³-hybridized carbons (Fsp3) is 0.462. The van der Waals surface area contributed by atoms with Gasteiger partial charge in [0.25, 0.3) is 5.91 Å². The van der Waals surface area contributed by atoms with Crippen LogP contribution in [0.5, 0.6) is 0 Å². The van der Waals surface area contributed by atoms with Gasteiger partial charge in [-0.2, -0.15) is 0 Å². The number of rotatable bonds is 3. The topological polar surface area (TPSA) is 66.5 Å². The zero-order valence-electron chi connectivity index (χ0n) is 11.5. The van der Waals surface area contributed by atoms with Crippen LogP contribution < -0.4 is 5.32 Å². The minimum Gasteiger partial charge on any atom is -0.349 e. The van der Waals surface area contributed by atoms with Gasteiger partial charge in [0.05, 0.1) is 6.26 Å². The highest BCUT2D eigenvalue weighted by molar-refractivity contribution is 7.88. The molecule has 0 radical (unpaired) electrons. The second kappa shape index (κ2) is 6.07. The molecule has 0 atom stereocenters. The SMILES string of the molecule is CS(=O)(=O)N1CCC(NC(=O)c2cc(F)cc(F)c2)CC1. The Labute approximate surface area is 122 Å². The monoisotopic (exact) mass is 318 g/mol. The summed E-state index contributed by atoms with van der Waals surface area (Å²) in [5, 5.41) is 2.67. The van der Waals surface area contributed by atoms with Gasteiger partial charge in [-0.1, -0.05) is 0 Å². The average Bonchev–Trinajstić information content (AvgIpc) is 2.37. The van der Waals surface area contributed by atoms with Crippen LogP contribution in [0.1, 0.15) is 23.2 Å². The average molecular weight is 318 g/mol. The van der Waals surface area contributed by atoms with Crippen molar-refractivity contribution in [1.29, 1.82) is 0 Å². The Balaban J connectivity index is 1.96. The molecule has 1 saturated heterocycles. The van der Waals surface area contributed by atoms with Gasteiger partial charge in [0.1, 0.15) is 11.6 Å². The third kappa shape index (κ3) is 4.21. The minimum absolute atomic E-state index is 0.0851. The van der Waals surface area contributed by atoms with E-state index in [0.717, 1.165) is 18.4 Å². The summed E-state index contributed by atoms with van der Waals surface area (Å²) >= 11 is 0. The fourth-order valence-electron chi connectivity index (χ4n) is 2.29. The third-order valence-electron chi connectivity index (χ3n) is 3.38. The molecule has 21 heavy (non-hydrogen) atoms. The second-order valence-corrected chi connectivity index (χ2v) is 7.05. The van der Waals surface area contributed by atoms with Gasteiger partial charge in [-0.15, -0.1) is 0 Å². The summed E-state index contributed by atoms with van der Waals surface area (Å²) in [6.45, 7) is 0.641. The highest BCUT2D eigenvalue weighted by Gasteiger charge is 2.26. The van der Waals surface area contributed by atoms with Gasteiger partial charge < -0.3 is 5.32 Å². The largest absolute Gasteiger partial charge is 0.349 e. The van der Waals surface area contributed by atoms with Gasteiger partial charge in [0.2, 0.25) is 10.0 Å². The number of hydrogen-bond donors (Lipinski definition) is 1. The number of halogens is 2. The van der Waals surface area contributed by atoms with Crippen LogP contribution in [0.4, 0.5) is 8.78 Å². The number of nitrogens with zero attached hydrogens (tertiary/aromatic N) is 1. The van der Waals surface area contributed by atoms with E-state index in [0.29, 0.717) is 32.0 Å². The van der Waals surface area contributed by atoms with Crippen LogP contribution in [0.3, 0.4) is 0 Å². The maximum atomic E-state index is 13.1. The number of benzene rings is 1. The van der Waals surface area contributed by atoms with Crippen LogP contribution >= 0.6 is 0 Å². The van der Waals surface area contributed by atoms with Crippen molar-refractivity contribution < 1.29 is 22.0 Å². The smallest absolute Gasteiger partial charge is 0.251 e. The number of carbonyl (C=O) groups excluding carboxylic acids is 1. The first-order valence-corrected chi connectivity index (χ1v) is 8.32. The van der Waals surface area contributed by atoms with Crippen LogP contribution in [0, 0.1) is 11.6 Å². The molecule has 0 spiro atoms. The van der Waals surface area contributed by atoms with Crippen molar-refractivity contribution in [2.45, 2.75) is 18.9 Å². The van der Waals surface area contributed by atoms with E-state index in [2.05, 4.69) is 5.32 Å². The summed E-state index contributed by atoms with van der Waals surface area (Å²) in [5.74, 6) is -2.19. The quantitative estimate of drug-likeness (QED) is 0.908. The highest BCUT2D eigenvalue weighted by Crippen LogP contribution is 2.14. The van der Waals surface area contributed by atoms with E-state index < -0.39 is 27.6 Å². The van der Waals surface area contributed by atoms with E-state index in [1.54, 1.807) is 0 Å². The van der Waals surface area contributed by atoms with E-state index in [-0.39, 0.29) is 11.6 Å². The minimum atomic E-state index is -3.22. The van der Waals surface area contributed by atoms with Crippen LogP contribution in [0.2, 0.25) is 0 Å². The molecule has 1 amide bonds. The normalized spacial score (nSPS) is 17.7. The van der Waals surface area contributed by atoms with Crippen LogP contribution in [0.15, 0.2) is 18.2 Å². The first kappa shape index (κ1) is 15.8. The third-order valence-corrected chi connectivity index (χ3v) is 4.69. The lowest BCUT2D eigenvalue weighted by Gasteiger charge is -2.30. The molecule has 0 aromatic heterocycles. The molecular weight excluding hydrogens is 302 g/mol. The highest BCUT2D eigenvalue weighted by atomic mass is 32.2. The lowest BCUT2D eigenvalue weighted by atomic mass is 10.1. The maximum absolute atomic E-state index is 13.1. The number of piperidine rings is 1. The number of hydrogen-bond acceptors (Lipinski definition) is 3. The van der Waals surface area contributed by atoms with E-state index in [4.69, 9.17) is 0 Å². The Morgan fingerprint density at radius 1 is 1.19 bits per heavy atom. The lowest BCUT2D eigenvalue weighted by molar-refractivity contribution is 0.0923. The standard InChI is InChI=1S/C13H16F2N2O3S/c1-21(19,20)17-4-2-12(3-5-17)16-13(18)9-6-10(14)8-11(15)7-9/h6-8,12H,2-5H2,1H3,(H,16,18). The van der Waals surface area contributed by atoms with E-state index in [1.165, 1.54) is 4.31 Å². The molecule has 1 aromatic rings. The van der Waals surface area contributed by atoms with Gasteiger partial charge in [-0.05, 0) is 25.0 Å². The molecular formula is C13H16F2N2O3S. The van der Waals surface area contributed by atoms with E-state index in [1.807, 2.05) is 0 Å². The predicted octanol–water partition coefficient (Wildman–Crippen LogP) is 1.12. The molecule has 1 heterocycles. The van der Waals surface area contributed by atoms with Crippen molar-refractivity contribution in [1.82, 2.24) is 9.62 Å². The van der Waals surface area contributed by atoms with Gasteiger partial charge in [0.15, 0.2) is 0 Å². The van der Waals surface area contributed by atoms with Crippen molar-refractivity contribution in [2.75, 3.05) is 19.3 Å². The van der Waals surface area contributed by atoms with Gasteiger partial charge >= 0.3 is 0 Å². The molecule has 0 bridgehead atoms. The zero-order valence-corrected chi connectivity index (χ0v) is 12.3. The summed E-state index contributed by atoms with van der Waals surface area (Å²) in [4.78, 5) is 11.9. The summed E-state index contributed by atoms with van der Waals surface area (Å²) in [5.41, 5.74) is -0.0851. The lowest BCUT2D eigenvalue weighted by Crippen LogP contribution is -2.46. The van der Waals surface area contributed by atoms with Gasteiger partial charge in [-0.25, -0.2) is 21.5 Å². The first-order valence-electron chi connectivity index (χ1n) is 6.48. The number of sulfonamides is 1. The Kier molecular flexibility index (Phi) is 4.58. The Morgan fingerprint density at radius 3 is 2.19 bits per heavy atom. The maximum Gasteiger partial charge on any atom is 0.251 e. The molecule has 1 N–H and O–H groups in total. The van der Waals surface area contributed by atoms with Crippen molar-refractivity contribution in [3.63, 3.8) is 0 Å². The molecule has 116 valence electrons. The molecule has 0 saturated carbocycles. The van der Waals surface area contributed by atoms with E-state index in [9.17, 15) is 22.0 Å². The molecule has 8 heteroatoms. The summed E-state index contributed by atoms with van der Waals surface area (Å²) in [6.07, 6.45) is 2.08. The molecule has 5 nitrogen and oxygen atoms in total. The molecule has 0 aliphatic carbocycles. The van der Waals surface area contributed by atoms with Gasteiger partial charge in [-0.3, -0.25) is 4.79 Å². The Hall–Kier alpha value is -1.54. The molecule has 1 aromatic carbocycles. The Morgan fingerprint density at radius 2 is 1.71 bits per heavy atom. The second-order valence-electron chi connectivity index (χ2n) is 5.07. The Bertz CT molecular complexity index is 621. The molecule has 1 fully saturated rings. The van der Waals surface area contributed by atoms with Gasteiger partial charge in [0, 0.05) is 30.8 Å². The summed E-state index contributed by atoms with van der Waals surface area (Å²) in [7, 11) is -3.22. The van der Waals surface area contributed by atoms with Crippen molar-refractivity contribution in [3.05, 3.63) is 35.4 Å². The van der Waals surface area contributed by atoms with Crippen LogP contribution in [0.25, 0.3) is 0 Å². The number of carbonyl (C=O) groups is 1. The molecule has 2 rings (SSSR count). The number of nitrogens with one attached hydrogen (secondary N) is 1. The van der Waals surface area contributed by atoms with Crippen molar-refractivity contribution in [3.8, 4) is 0 Å². The fourth-order valence-corrected chi connectivity index (χ4v) is 3.16. The summed E-state index contributed by atoms with van der Waals surface area (Å²) in [6, 6.07) is 2.41. The first-order chi connectivity index (χ1) is 9.75. The summed E-state index contributed by atoms with van der Waals surface area (Å²) < 4.78 is 50.2. The van der Waals surface area contributed by atoms with Crippen molar-refractivity contribution >= 4 is 15.9 Å². The molecule has 1 aliphatic rings. The number of amides is 1.